The van der Waals surface area contributed by atoms with Crippen LogP contribution in [0.2, 0.25) is 0 Å². The second-order valence-electron chi connectivity index (χ2n) is 6.55. The summed E-state index contributed by atoms with van der Waals surface area (Å²) >= 11 is 0. The fourth-order valence-corrected chi connectivity index (χ4v) is 3.16. The van der Waals surface area contributed by atoms with Gasteiger partial charge in [0, 0.05) is 12.2 Å². The molecule has 0 unspecified atom stereocenters. The van der Waals surface area contributed by atoms with Gasteiger partial charge in [-0.25, -0.2) is 9.78 Å². The zero-order valence-electron chi connectivity index (χ0n) is 14.1. The van der Waals surface area contributed by atoms with E-state index in [2.05, 4.69) is 10.1 Å². The lowest BCUT2D eigenvalue weighted by molar-refractivity contribution is -0.143. The normalized spacial score (nSPS) is 18.3. The van der Waals surface area contributed by atoms with E-state index >= 15 is 0 Å². The predicted octanol–water partition coefficient (Wildman–Crippen LogP) is 2.73. The molecule has 0 aliphatic carbocycles. The van der Waals surface area contributed by atoms with Gasteiger partial charge in [0.15, 0.2) is 0 Å². The Hall–Kier alpha value is -2.44. The van der Waals surface area contributed by atoms with E-state index in [4.69, 9.17) is 4.52 Å². The van der Waals surface area contributed by atoms with Gasteiger partial charge < -0.3 is 14.5 Å². The number of amides is 1. The number of carbonyl (C=O) groups excluding carboxylic acids is 1. The lowest BCUT2D eigenvalue weighted by Crippen LogP contribution is -2.48. The maximum Gasteiger partial charge on any atom is 0.326 e. The van der Waals surface area contributed by atoms with Crippen LogP contribution >= 0.6 is 0 Å². The van der Waals surface area contributed by atoms with Crippen LogP contribution in [0.25, 0.3) is 11.1 Å². The lowest BCUT2D eigenvalue weighted by Gasteiger charge is -2.33. The molecule has 1 N–H and O–H groups in total. The standard InChI is InChI=1S/C17H21N3O4/c1-9(2)12-8-11(14-10(3)19-24-15(14)18-12)16(21)20-7-5-4-6-13(20)17(22)23/h8-9,13H,4-7H2,1-3H3,(H,22,23)/t13-/m0/s1. The predicted molar refractivity (Wildman–Crippen MR) is 86.9 cm³/mol. The van der Waals surface area contributed by atoms with E-state index in [-0.39, 0.29) is 11.8 Å². The number of piperidine rings is 1. The van der Waals surface area contributed by atoms with Gasteiger partial charge in [0.2, 0.25) is 0 Å². The molecule has 1 atom stereocenters. The minimum Gasteiger partial charge on any atom is -0.480 e. The van der Waals surface area contributed by atoms with Crippen molar-refractivity contribution in [3.05, 3.63) is 23.0 Å². The summed E-state index contributed by atoms with van der Waals surface area (Å²) in [5.74, 6) is -1.13. The van der Waals surface area contributed by atoms with E-state index in [1.807, 2.05) is 13.8 Å². The topological polar surface area (TPSA) is 96.5 Å². The van der Waals surface area contributed by atoms with Crippen molar-refractivity contribution in [1.82, 2.24) is 15.0 Å². The van der Waals surface area contributed by atoms with E-state index in [9.17, 15) is 14.7 Å². The number of hydrogen-bond donors (Lipinski definition) is 1. The maximum atomic E-state index is 13.1. The van der Waals surface area contributed by atoms with Crippen LogP contribution in [0.5, 0.6) is 0 Å². The molecular formula is C17H21N3O4. The highest BCUT2D eigenvalue weighted by atomic mass is 16.5. The van der Waals surface area contributed by atoms with Gasteiger partial charge in [-0.2, -0.15) is 0 Å². The molecule has 0 saturated carbocycles. The summed E-state index contributed by atoms with van der Waals surface area (Å²) in [6, 6.07) is 0.963. The number of carboxylic acid groups (broad SMARTS) is 1. The van der Waals surface area contributed by atoms with Gasteiger partial charge in [0.1, 0.15) is 6.04 Å². The Balaban J connectivity index is 2.11. The molecule has 24 heavy (non-hydrogen) atoms. The maximum absolute atomic E-state index is 13.1. The number of pyridine rings is 1. The van der Waals surface area contributed by atoms with Crippen molar-refractivity contribution in [1.29, 1.82) is 0 Å². The third kappa shape index (κ3) is 2.74. The SMILES string of the molecule is Cc1noc2nc(C(C)C)cc(C(=O)N3CCCC[C@H]3C(=O)O)c12. The Kier molecular flexibility index (Phi) is 4.26. The largest absolute Gasteiger partial charge is 0.480 e. The molecule has 2 aromatic rings. The molecule has 1 aliphatic heterocycles. The summed E-state index contributed by atoms with van der Waals surface area (Å²) in [7, 11) is 0. The number of aromatic nitrogens is 2. The molecule has 1 fully saturated rings. The van der Waals surface area contributed by atoms with Crippen molar-refractivity contribution in [3.63, 3.8) is 0 Å². The van der Waals surface area contributed by atoms with Crippen LogP contribution in [0.1, 0.15) is 60.8 Å². The van der Waals surface area contributed by atoms with E-state index in [1.54, 1.807) is 13.0 Å². The smallest absolute Gasteiger partial charge is 0.326 e. The zero-order chi connectivity index (χ0) is 17.4. The Labute approximate surface area is 139 Å². The molecule has 3 rings (SSSR count). The first-order valence-electron chi connectivity index (χ1n) is 8.21. The van der Waals surface area contributed by atoms with Crippen LogP contribution in [-0.2, 0) is 4.79 Å². The highest BCUT2D eigenvalue weighted by molar-refractivity contribution is 6.07. The molecule has 0 aromatic carbocycles. The van der Waals surface area contributed by atoms with Crippen LogP contribution in [-0.4, -0.2) is 44.6 Å². The van der Waals surface area contributed by atoms with Gasteiger partial charge >= 0.3 is 5.97 Å². The molecule has 3 heterocycles. The zero-order valence-corrected chi connectivity index (χ0v) is 14.1. The minimum atomic E-state index is -0.959. The van der Waals surface area contributed by atoms with Crippen molar-refractivity contribution >= 4 is 23.0 Å². The molecule has 2 aromatic heterocycles. The van der Waals surface area contributed by atoms with E-state index in [1.165, 1.54) is 4.90 Å². The third-order valence-electron chi connectivity index (χ3n) is 4.51. The molecule has 7 heteroatoms. The molecule has 1 saturated heterocycles. The first-order valence-corrected chi connectivity index (χ1v) is 8.21. The van der Waals surface area contributed by atoms with Gasteiger partial charge in [0.25, 0.3) is 11.6 Å². The monoisotopic (exact) mass is 331 g/mol. The molecule has 1 aliphatic rings. The molecule has 0 radical (unpaired) electrons. The fraction of sp³-hybridized carbons (Fsp3) is 0.529. The number of rotatable bonds is 3. The van der Waals surface area contributed by atoms with Crippen molar-refractivity contribution in [3.8, 4) is 0 Å². The average molecular weight is 331 g/mol. The highest BCUT2D eigenvalue weighted by Gasteiger charge is 2.34. The van der Waals surface area contributed by atoms with Gasteiger partial charge in [-0.1, -0.05) is 19.0 Å². The second kappa shape index (κ2) is 6.22. The Morgan fingerprint density at radius 2 is 2.12 bits per heavy atom. The number of carboxylic acids is 1. The van der Waals surface area contributed by atoms with Crippen LogP contribution in [0, 0.1) is 6.92 Å². The van der Waals surface area contributed by atoms with Crippen LogP contribution in [0.4, 0.5) is 0 Å². The molecule has 7 nitrogen and oxygen atoms in total. The molecular weight excluding hydrogens is 310 g/mol. The number of nitrogens with zero attached hydrogens (tertiary/aromatic N) is 3. The minimum absolute atomic E-state index is 0.114. The van der Waals surface area contributed by atoms with Gasteiger partial charge in [-0.15, -0.1) is 0 Å². The number of likely N-dealkylation sites (tertiary alicyclic amines) is 1. The fourth-order valence-electron chi connectivity index (χ4n) is 3.16. The quantitative estimate of drug-likeness (QED) is 0.929. The molecule has 1 amide bonds. The summed E-state index contributed by atoms with van der Waals surface area (Å²) in [4.78, 5) is 30.5. The first kappa shape index (κ1) is 16.4. The number of aliphatic carboxylic acids is 1. The van der Waals surface area contributed by atoms with E-state index in [0.717, 1.165) is 18.5 Å². The average Bonchev–Trinajstić information content (AvgIpc) is 2.94. The summed E-state index contributed by atoms with van der Waals surface area (Å²) in [5, 5.41) is 13.9. The first-order chi connectivity index (χ1) is 11.4. The summed E-state index contributed by atoms with van der Waals surface area (Å²) in [6.45, 7) is 6.16. The summed E-state index contributed by atoms with van der Waals surface area (Å²) < 4.78 is 5.24. The lowest BCUT2D eigenvalue weighted by atomic mass is 9.98. The van der Waals surface area contributed by atoms with E-state index < -0.39 is 12.0 Å². The summed E-state index contributed by atoms with van der Waals surface area (Å²) in [6.07, 6.45) is 2.11. The number of hydrogen-bond acceptors (Lipinski definition) is 5. The van der Waals surface area contributed by atoms with Gasteiger partial charge in [-0.3, -0.25) is 4.79 Å². The van der Waals surface area contributed by atoms with Crippen LogP contribution in [0.3, 0.4) is 0 Å². The molecule has 0 spiro atoms. The van der Waals surface area contributed by atoms with Crippen LogP contribution < -0.4 is 0 Å². The van der Waals surface area contributed by atoms with Gasteiger partial charge in [0.05, 0.1) is 16.6 Å². The van der Waals surface area contributed by atoms with Crippen molar-refractivity contribution < 1.29 is 19.2 Å². The second-order valence-corrected chi connectivity index (χ2v) is 6.55. The van der Waals surface area contributed by atoms with Crippen molar-refractivity contribution in [2.24, 2.45) is 0 Å². The highest BCUT2D eigenvalue weighted by Crippen LogP contribution is 2.28. The van der Waals surface area contributed by atoms with Gasteiger partial charge in [-0.05, 0) is 38.2 Å². The number of carbonyl (C=O) groups is 2. The number of aryl methyl sites for hydroxylation is 1. The summed E-state index contributed by atoms with van der Waals surface area (Å²) in [5.41, 5.74) is 2.06. The third-order valence-corrected chi connectivity index (χ3v) is 4.51. The van der Waals surface area contributed by atoms with Crippen molar-refractivity contribution in [2.45, 2.75) is 52.0 Å². The molecule has 0 bridgehead atoms. The van der Waals surface area contributed by atoms with E-state index in [0.29, 0.717) is 35.3 Å². The Morgan fingerprint density at radius 1 is 1.38 bits per heavy atom. The Bertz CT molecular complexity index is 796. The molecule has 128 valence electrons. The van der Waals surface area contributed by atoms with Crippen LogP contribution in [0.15, 0.2) is 10.6 Å². The van der Waals surface area contributed by atoms with Crippen molar-refractivity contribution in [2.75, 3.05) is 6.54 Å². The Morgan fingerprint density at radius 3 is 2.79 bits per heavy atom. The number of fused-ring (bicyclic) bond motifs is 1.